The minimum Gasteiger partial charge on any atom is -0.397 e. The van der Waals surface area contributed by atoms with Crippen molar-refractivity contribution < 1.29 is 13.6 Å². The highest BCUT2D eigenvalue weighted by atomic mass is 32.2. The largest absolute Gasteiger partial charge is 0.397 e. The molecule has 119 valence electrons. The molecule has 0 N–H and O–H groups in total. The molecule has 0 spiro atoms. The van der Waals surface area contributed by atoms with Crippen LogP contribution >= 0.6 is 11.8 Å². The number of rotatable bonds is 13. The maximum Gasteiger partial charge on any atom is 0.387 e. The van der Waals surface area contributed by atoms with Crippen LogP contribution in [0.15, 0.2) is 0 Å². The van der Waals surface area contributed by atoms with Gasteiger partial charge in [-0.25, -0.2) is 0 Å². The first kappa shape index (κ1) is 20.2. The maximum absolute atomic E-state index is 11.8. The summed E-state index contributed by atoms with van der Waals surface area (Å²) in [5, 5.41) is 0.347. The van der Waals surface area contributed by atoms with Gasteiger partial charge in [-0.15, -0.1) is 0 Å². The second kappa shape index (κ2) is 14.1. The van der Waals surface area contributed by atoms with E-state index in [2.05, 4.69) is 13.8 Å². The predicted molar refractivity (Wildman–Crippen MR) is 89.3 cm³/mol. The molecule has 0 bridgehead atoms. The molecule has 0 saturated carbocycles. The third-order valence-corrected chi connectivity index (χ3v) is 6.35. The third-order valence-electron chi connectivity index (χ3n) is 3.34. The minimum atomic E-state index is -1.17. The van der Waals surface area contributed by atoms with Crippen molar-refractivity contribution >= 4 is 26.2 Å². The molecule has 1 atom stereocenters. The number of hydrogen-bond donors (Lipinski definition) is 0. The molecule has 3 nitrogen and oxygen atoms in total. The molecule has 0 aromatic carbocycles. The molecule has 0 fully saturated rings. The number of carbonyl (C=O) groups is 1. The minimum absolute atomic E-state index is 0.347. The fourth-order valence-electron chi connectivity index (χ4n) is 2.23. The van der Waals surface area contributed by atoms with Gasteiger partial charge in [0.25, 0.3) is 0 Å². The Labute approximate surface area is 131 Å². The average molecular weight is 320 g/mol. The number of hydrogen-bond acceptors (Lipinski definition) is 4. The van der Waals surface area contributed by atoms with Crippen molar-refractivity contribution in [1.29, 1.82) is 0 Å². The molecule has 0 saturated heterocycles. The van der Waals surface area contributed by atoms with Crippen molar-refractivity contribution in [3.63, 3.8) is 0 Å². The van der Waals surface area contributed by atoms with Crippen molar-refractivity contribution in [2.75, 3.05) is 20.0 Å². The summed E-state index contributed by atoms with van der Waals surface area (Å²) >= 11 is 1.49. The van der Waals surface area contributed by atoms with Gasteiger partial charge in [0.05, 0.1) is 0 Å². The van der Waals surface area contributed by atoms with Crippen molar-refractivity contribution in [3.05, 3.63) is 0 Å². The molecule has 0 aliphatic heterocycles. The van der Waals surface area contributed by atoms with Gasteiger partial charge < -0.3 is 8.85 Å². The lowest BCUT2D eigenvalue weighted by Crippen LogP contribution is -2.26. The van der Waals surface area contributed by atoms with E-state index in [-0.39, 0.29) is 0 Å². The zero-order valence-electron chi connectivity index (χ0n) is 13.6. The molecule has 0 aliphatic rings. The molecule has 0 amide bonds. The highest BCUT2D eigenvalue weighted by molar-refractivity contribution is 8.13. The molecular weight excluding hydrogens is 288 g/mol. The molecule has 1 unspecified atom stereocenters. The lowest BCUT2D eigenvalue weighted by molar-refractivity contribution is -0.111. The summed E-state index contributed by atoms with van der Waals surface area (Å²) in [6.45, 7) is 4.37. The van der Waals surface area contributed by atoms with E-state index in [1.54, 1.807) is 14.2 Å². The molecule has 1 radical (unpaired) electrons. The summed E-state index contributed by atoms with van der Waals surface area (Å²) in [7, 11) is 2.29. The first-order valence-electron chi connectivity index (χ1n) is 7.79. The second-order valence-corrected chi connectivity index (χ2v) is 8.46. The van der Waals surface area contributed by atoms with Crippen LogP contribution in [-0.4, -0.2) is 34.4 Å². The van der Waals surface area contributed by atoms with Crippen molar-refractivity contribution in [1.82, 2.24) is 0 Å². The lowest BCUT2D eigenvalue weighted by Gasteiger charge is -2.20. The van der Waals surface area contributed by atoms with Gasteiger partial charge in [0, 0.05) is 31.9 Å². The number of thioether (sulfide) groups is 1. The zero-order valence-corrected chi connectivity index (χ0v) is 15.4. The van der Waals surface area contributed by atoms with E-state index in [4.69, 9.17) is 8.85 Å². The van der Waals surface area contributed by atoms with Gasteiger partial charge >= 0.3 is 9.28 Å². The van der Waals surface area contributed by atoms with Crippen molar-refractivity contribution in [3.8, 4) is 0 Å². The standard InChI is InChI=1S/C15H31O3SSi/c1-5-7-8-9-11-15(16)19-13-12-14(10-6-2)20(17-3)18-4/h14H,5-13H2,1-4H3. The van der Waals surface area contributed by atoms with E-state index < -0.39 is 9.28 Å². The van der Waals surface area contributed by atoms with Crippen LogP contribution in [0.4, 0.5) is 0 Å². The predicted octanol–water partition coefficient (Wildman–Crippen LogP) is 4.56. The summed E-state index contributed by atoms with van der Waals surface area (Å²) in [5.74, 6) is 0.901. The fourth-order valence-corrected chi connectivity index (χ4v) is 5.09. The van der Waals surface area contributed by atoms with E-state index in [9.17, 15) is 4.79 Å². The van der Waals surface area contributed by atoms with E-state index in [0.717, 1.165) is 37.9 Å². The van der Waals surface area contributed by atoms with Crippen LogP contribution in [0, 0.1) is 0 Å². The Morgan fingerprint density at radius 3 is 2.30 bits per heavy atom. The smallest absolute Gasteiger partial charge is 0.387 e. The van der Waals surface area contributed by atoms with E-state index in [1.807, 2.05) is 0 Å². The summed E-state index contributed by atoms with van der Waals surface area (Å²) in [4.78, 5) is 11.8. The number of unbranched alkanes of at least 4 members (excludes halogenated alkanes) is 3. The first-order chi connectivity index (χ1) is 9.69. The van der Waals surface area contributed by atoms with Crippen LogP contribution in [0.2, 0.25) is 5.54 Å². The third kappa shape index (κ3) is 9.97. The Kier molecular flexibility index (Phi) is 14.2. The Bertz CT molecular complexity index is 235. The van der Waals surface area contributed by atoms with Crippen molar-refractivity contribution in [2.24, 2.45) is 0 Å². The second-order valence-electron chi connectivity index (χ2n) is 5.03. The van der Waals surface area contributed by atoms with Gasteiger partial charge in [-0.1, -0.05) is 51.3 Å². The van der Waals surface area contributed by atoms with E-state index in [1.165, 1.54) is 31.0 Å². The number of carbonyl (C=O) groups excluding carboxylic acids is 1. The van der Waals surface area contributed by atoms with E-state index >= 15 is 0 Å². The molecular formula is C15H31O3SSi. The Morgan fingerprint density at radius 1 is 1.05 bits per heavy atom. The monoisotopic (exact) mass is 319 g/mol. The first-order valence-corrected chi connectivity index (χ1v) is 10.2. The van der Waals surface area contributed by atoms with Crippen LogP contribution < -0.4 is 0 Å². The Balaban J connectivity index is 3.83. The van der Waals surface area contributed by atoms with Crippen molar-refractivity contribution in [2.45, 2.75) is 70.8 Å². The summed E-state index contributed by atoms with van der Waals surface area (Å²) in [5.41, 5.74) is 0.486. The molecule has 0 aliphatic carbocycles. The van der Waals surface area contributed by atoms with E-state index in [0.29, 0.717) is 10.7 Å². The maximum atomic E-state index is 11.8. The van der Waals surface area contributed by atoms with Crippen LogP contribution in [0.3, 0.4) is 0 Å². The van der Waals surface area contributed by atoms with Gasteiger partial charge in [0.2, 0.25) is 0 Å². The van der Waals surface area contributed by atoms with Gasteiger partial charge in [-0.2, -0.15) is 0 Å². The summed E-state index contributed by atoms with van der Waals surface area (Å²) in [6.07, 6.45) is 8.71. The Morgan fingerprint density at radius 2 is 1.75 bits per heavy atom. The lowest BCUT2D eigenvalue weighted by atomic mass is 10.2. The quantitative estimate of drug-likeness (QED) is 0.368. The fraction of sp³-hybridized carbons (Fsp3) is 0.933. The van der Waals surface area contributed by atoms with Gasteiger partial charge in [0.15, 0.2) is 5.12 Å². The van der Waals surface area contributed by atoms with Gasteiger partial charge in [0.1, 0.15) is 0 Å². The van der Waals surface area contributed by atoms with Crippen LogP contribution in [0.25, 0.3) is 0 Å². The molecule has 0 aromatic heterocycles. The van der Waals surface area contributed by atoms with Crippen LogP contribution in [-0.2, 0) is 13.6 Å². The average Bonchev–Trinajstić information content (AvgIpc) is 2.45. The zero-order chi connectivity index (χ0) is 15.2. The van der Waals surface area contributed by atoms with Gasteiger partial charge in [-0.05, 0) is 19.3 Å². The van der Waals surface area contributed by atoms with Gasteiger partial charge in [-0.3, -0.25) is 4.79 Å². The molecule has 5 heteroatoms. The molecule has 0 aromatic rings. The Hall–Kier alpha value is 0.157. The highest BCUT2D eigenvalue weighted by Gasteiger charge is 2.25. The topological polar surface area (TPSA) is 35.5 Å². The normalized spacial score (nSPS) is 12.8. The molecule has 20 heavy (non-hydrogen) atoms. The highest BCUT2D eigenvalue weighted by Crippen LogP contribution is 2.25. The van der Waals surface area contributed by atoms with Crippen LogP contribution in [0.1, 0.15) is 65.2 Å². The SMILES string of the molecule is CCCCCCC(=O)SCCC(CCC)[Si](OC)OC. The molecule has 0 heterocycles. The molecule has 0 rings (SSSR count). The summed E-state index contributed by atoms with van der Waals surface area (Å²) in [6, 6.07) is 0. The summed E-state index contributed by atoms with van der Waals surface area (Å²) < 4.78 is 10.9. The van der Waals surface area contributed by atoms with Crippen LogP contribution in [0.5, 0.6) is 0 Å².